The van der Waals surface area contributed by atoms with Gasteiger partial charge in [0.05, 0.1) is 7.11 Å². The molecule has 88 valence electrons. The van der Waals surface area contributed by atoms with Gasteiger partial charge >= 0.3 is 0 Å². The van der Waals surface area contributed by atoms with E-state index in [0.717, 1.165) is 25.3 Å². The van der Waals surface area contributed by atoms with Crippen molar-refractivity contribution in [3.63, 3.8) is 0 Å². The van der Waals surface area contributed by atoms with Crippen LogP contribution in [-0.2, 0) is 6.42 Å². The lowest BCUT2D eigenvalue weighted by molar-refractivity contribution is 0.159. The predicted octanol–water partition coefficient (Wildman–Crippen LogP) is 2.55. The van der Waals surface area contributed by atoms with Gasteiger partial charge in [0.15, 0.2) is 0 Å². The second-order valence-electron chi connectivity index (χ2n) is 4.95. The van der Waals surface area contributed by atoms with Crippen LogP contribution in [0.25, 0.3) is 0 Å². The molecule has 2 nitrogen and oxygen atoms in total. The minimum absolute atomic E-state index is 0.459. The molecule has 1 aliphatic rings. The van der Waals surface area contributed by atoms with Gasteiger partial charge in [-0.05, 0) is 36.8 Å². The maximum absolute atomic E-state index is 5.44. The minimum Gasteiger partial charge on any atom is -0.496 e. The van der Waals surface area contributed by atoms with Crippen molar-refractivity contribution in [2.75, 3.05) is 20.2 Å². The Kier molecular flexibility index (Phi) is 3.20. The van der Waals surface area contributed by atoms with Gasteiger partial charge in [-0.1, -0.05) is 24.6 Å². The Balaban J connectivity index is 2.22. The number of ether oxygens (including phenoxy) is 1. The highest BCUT2D eigenvalue weighted by atomic mass is 16.5. The van der Waals surface area contributed by atoms with E-state index in [2.05, 4.69) is 37.4 Å². The van der Waals surface area contributed by atoms with Crippen LogP contribution >= 0.6 is 0 Å². The van der Waals surface area contributed by atoms with E-state index in [1.54, 1.807) is 7.11 Å². The van der Waals surface area contributed by atoms with Crippen LogP contribution in [0.1, 0.15) is 24.5 Å². The van der Waals surface area contributed by atoms with Gasteiger partial charge in [-0.3, -0.25) is 0 Å². The molecule has 2 heteroatoms. The fourth-order valence-corrected chi connectivity index (χ4v) is 2.43. The Morgan fingerprint density at radius 1 is 1.38 bits per heavy atom. The summed E-state index contributed by atoms with van der Waals surface area (Å²) in [6.45, 7) is 6.70. The highest BCUT2D eigenvalue weighted by Crippen LogP contribution is 2.34. The molecule has 0 aliphatic carbocycles. The van der Waals surface area contributed by atoms with Crippen molar-refractivity contribution in [3.8, 4) is 5.75 Å². The second-order valence-corrected chi connectivity index (χ2v) is 4.95. The smallest absolute Gasteiger partial charge is 0.122 e. The Morgan fingerprint density at radius 3 is 2.62 bits per heavy atom. The molecule has 1 aliphatic heterocycles. The van der Waals surface area contributed by atoms with Crippen molar-refractivity contribution in [2.24, 2.45) is 5.41 Å². The van der Waals surface area contributed by atoms with Gasteiger partial charge in [0, 0.05) is 13.1 Å². The molecule has 0 atom stereocenters. The summed E-state index contributed by atoms with van der Waals surface area (Å²) < 4.78 is 5.44. The summed E-state index contributed by atoms with van der Waals surface area (Å²) >= 11 is 0. The molecule has 0 unspecified atom stereocenters. The third kappa shape index (κ3) is 2.07. The minimum atomic E-state index is 0.459. The summed E-state index contributed by atoms with van der Waals surface area (Å²) in [5.74, 6) is 1.03. The average molecular weight is 219 g/mol. The third-order valence-corrected chi connectivity index (χ3v) is 3.75. The molecule has 0 bridgehead atoms. The molecule has 1 heterocycles. The summed E-state index contributed by atoms with van der Waals surface area (Å²) in [5, 5.41) is 3.38. The highest BCUT2D eigenvalue weighted by molar-refractivity contribution is 5.38. The monoisotopic (exact) mass is 219 g/mol. The van der Waals surface area contributed by atoms with Crippen LogP contribution in [-0.4, -0.2) is 20.2 Å². The van der Waals surface area contributed by atoms with E-state index in [4.69, 9.17) is 4.74 Å². The predicted molar refractivity (Wildman–Crippen MR) is 67.0 cm³/mol. The van der Waals surface area contributed by atoms with Gasteiger partial charge in [0.25, 0.3) is 0 Å². The summed E-state index contributed by atoms with van der Waals surface area (Å²) in [4.78, 5) is 0. The quantitative estimate of drug-likeness (QED) is 0.840. The highest BCUT2D eigenvalue weighted by Gasteiger charge is 2.35. The molecule has 0 amide bonds. The van der Waals surface area contributed by atoms with Crippen molar-refractivity contribution in [2.45, 2.75) is 26.7 Å². The molecule has 0 aromatic heterocycles. The van der Waals surface area contributed by atoms with Crippen molar-refractivity contribution in [3.05, 3.63) is 29.3 Å². The molecule has 16 heavy (non-hydrogen) atoms. The van der Waals surface area contributed by atoms with Crippen LogP contribution in [0.5, 0.6) is 5.75 Å². The van der Waals surface area contributed by atoms with Crippen LogP contribution < -0.4 is 10.1 Å². The Morgan fingerprint density at radius 2 is 2.12 bits per heavy atom. The first-order valence-corrected chi connectivity index (χ1v) is 6.03. The fourth-order valence-electron chi connectivity index (χ4n) is 2.43. The molecule has 1 aromatic carbocycles. The number of benzene rings is 1. The third-order valence-electron chi connectivity index (χ3n) is 3.75. The summed E-state index contributed by atoms with van der Waals surface area (Å²) in [7, 11) is 1.76. The zero-order chi connectivity index (χ0) is 11.6. The maximum atomic E-state index is 5.44. The van der Waals surface area contributed by atoms with Gasteiger partial charge in [-0.25, -0.2) is 0 Å². The second kappa shape index (κ2) is 4.46. The standard InChI is InChI=1S/C14H21NO/c1-4-14(9-15-10-14)8-12-7-11(2)5-6-13(12)16-3/h5-7,15H,4,8-10H2,1-3H3. The van der Waals surface area contributed by atoms with E-state index in [0.29, 0.717) is 5.41 Å². The van der Waals surface area contributed by atoms with E-state index in [1.807, 2.05) is 0 Å². The molecule has 0 radical (unpaired) electrons. The van der Waals surface area contributed by atoms with Crippen molar-refractivity contribution in [1.29, 1.82) is 0 Å². The van der Waals surface area contributed by atoms with E-state index < -0.39 is 0 Å². The molecular weight excluding hydrogens is 198 g/mol. The van der Waals surface area contributed by atoms with Crippen molar-refractivity contribution >= 4 is 0 Å². The van der Waals surface area contributed by atoms with E-state index in [1.165, 1.54) is 17.5 Å². The van der Waals surface area contributed by atoms with Crippen molar-refractivity contribution in [1.82, 2.24) is 5.32 Å². The number of nitrogens with one attached hydrogen (secondary N) is 1. The van der Waals surface area contributed by atoms with E-state index in [-0.39, 0.29) is 0 Å². The molecular formula is C14H21NO. The first-order chi connectivity index (χ1) is 7.69. The number of methoxy groups -OCH3 is 1. The summed E-state index contributed by atoms with van der Waals surface area (Å²) in [5.41, 5.74) is 3.13. The zero-order valence-corrected chi connectivity index (χ0v) is 10.5. The van der Waals surface area contributed by atoms with Gasteiger partial charge in [-0.2, -0.15) is 0 Å². The fraction of sp³-hybridized carbons (Fsp3) is 0.571. The Bertz CT molecular complexity index is 363. The van der Waals surface area contributed by atoms with Crippen LogP contribution in [0, 0.1) is 12.3 Å². The number of hydrogen-bond donors (Lipinski definition) is 1. The first-order valence-electron chi connectivity index (χ1n) is 6.03. The normalized spacial score (nSPS) is 17.9. The van der Waals surface area contributed by atoms with Gasteiger partial charge in [0.2, 0.25) is 0 Å². The van der Waals surface area contributed by atoms with E-state index in [9.17, 15) is 0 Å². The molecule has 0 spiro atoms. The average Bonchev–Trinajstić information content (AvgIpc) is 2.24. The van der Waals surface area contributed by atoms with Gasteiger partial charge in [-0.15, -0.1) is 0 Å². The Labute approximate surface area is 98.0 Å². The summed E-state index contributed by atoms with van der Waals surface area (Å²) in [6, 6.07) is 6.45. The topological polar surface area (TPSA) is 21.3 Å². The van der Waals surface area contributed by atoms with Gasteiger partial charge < -0.3 is 10.1 Å². The SMILES string of the molecule is CCC1(Cc2cc(C)ccc2OC)CNC1. The van der Waals surface area contributed by atoms with Crippen LogP contribution in [0.15, 0.2) is 18.2 Å². The molecule has 1 fully saturated rings. The molecule has 0 saturated carbocycles. The first kappa shape index (κ1) is 11.5. The molecule has 1 aromatic rings. The number of rotatable bonds is 4. The number of hydrogen-bond acceptors (Lipinski definition) is 2. The van der Waals surface area contributed by atoms with Crippen LogP contribution in [0.3, 0.4) is 0 Å². The maximum Gasteiger partial charge on any atom is 0.122 e. The van der Waals surface area contributed by atoms with E-state index >= 15 is 0 Å². The lowest BCUT2D eigenvalue weighted by Crippen LogP contribution is -2.54. The zero-order valence-electron chi connectivity index (χ0n) is 10.5. The molecule has 1 saturated heterocycles. The molecule has 1 N–H and O–H groups in total. The summed E-state index contributed by atoms with van der Waals surface area (Å²) in [6.07, 6.45) is 2.36. The Hall–Kier alpha value is -1.02. The van der Waals surface area contributed by atoms with Crippen LogP contribution in [0.4, 0.5) is 0 Å². The lowest BCUT2D eigenvalue weighted by Gasteiger charge is -2.42. The lowest BCUT2D eigenvalue weighted by atomic mass is 9.74. The molecule has 2 rings (SSSR count). The largest absolute Gasteiger partial charge is 0.496 e. The van der Waals surface area contributed by atoms with Crippen molar-refractivity contribution < 1.29 is 4.74 Å². The van der Waals surface area contributed by atoms with Gasteiger partial charge in [0.1, 0.15) is 5.75 Å². The number of aryl methyl sites for hydroxylation is 1. The van der Waals surface area contributed by atoms with Crippen LogP contribution in [0.2, 0.25) is 0 Å².